The van der Waals surface area contributed by atoms with Gasteiger partial charge in [-0.25, -0.2) is 13.5 Å². The second-order valence-electron chi connectivity index (χ2n) is 7.03. The Kier molecular flexibility index (Phi) is 5.98. The van der Waals surface area contributed by atoms with Gasteiger partial charge in [0.2, 0.25) is 5.95 Å². The fraction of sp³-hybridized carbons (Fsp3) is 0.474. The molecule has 2 aromatic heterocycles. The Balaban J connectivity index is 1.45. The Labute approximate surface area is 176 Å². The first-order valence-electron chi connectivity index (χ1n) is 9.97. The van der Waals surface area contributed by atoms with E-state index in [2.05, 4.69) is 20.3 Å². The summed E-state index contributed by atoms with van der Waals surface area (Å²) in [6, 6.07) is 2.36. The highest BCUT2D eigenvalue weighted by Gasteiger charge is 2.25. The van der Waals surface area contributed by atoms with Gasteiger partial charge < -0.3 is 19.3 Å². The maximum Gasteiger partial charge on any atom is 0.282 e. The third kappa shape index (κ3) is 4.29. The van der Waals surface area contributed by atoms with Crippen LogP contribution in [0.3, 0.4) is 0 Å². The fourth-order valence-electron chi connectivity index (χ4n) is 3.50. The minimum absolute atomic E-state index is 0.0930. The molecule has 0 unspecified atom stereocenters. The molecule has 0 amide bonds. The van der Waals surface area contributed by atoms with Crippen molar-refractivity contribution in [1.82, 2.24) is 25.0 Å². The molecule has 1 aliphatic rings. The van der Waals surface area contributed by atoms with Gasteiger partial charge in [0.1, 0.15) is 18.0 Å². The number of piperazine rings is 1. The zero-order valence-electron chi connectivity index (χ0n) is 17.3. The van der Waals surface area contributed by atoms with E-state index in [0.29, 0.717) is 51.0 Å². The number of hydrogen-bond donors (Lipinski definition) is 1. The average molecular weight is 435 g/mol. The van der Waals surface area contributed by atoms with Gasteiger partial charge in [0, 0.05) is 52.0 Å². The highest BCUT2D eigenvalue weighted by atomic mass is 19.1. The maximum atomic E-state index is 14.6. The molecule has 0 radical (unpaired) electrons. The van der Waals surface area contributed by atoms with E-state index in [1.54, 1.807) is 11.9 Å². The Morgan fingerprint density at radius 3 is 2.45 bits per heavy atom. The van der Waals surface area contributed by atoms with Crippen molar-refractivity contribution >= 4 is 22.8 Å². The van der Waals surface area contributed by atoms with Gasteiger partial charge >= 0.3 is 0 Å². The fourth-order valence-corrected chi connectivity index (χ4v) is 3.50. The molecule has 0 saturated carbocycles. The molecule has 0 spiro atoms. The molecule has 12 heteroatoms. The van der Waals surface area contributed by atoms with E-state index in [1.165, 1.54) is 16.8 Å². The van der Waals surface area contributed by atoms with E-state index < -0.39 is 11.6 Å². The molecule has 166 valence electrons. The molecule has 31 heavy (non-hydrogen) atoms. The van der Waals surface area contributed by atoms with Crippen molar-refractivity contribution < 1.29 is 18.3 Å². The molecule has 0 bridgehead atoms. The van der Waals surface area contributed by atoms with E-state index >= 15 is 0 Å². The molecule has 10 nitrogen and oxygen atoms in total. The third-order valence-electron chi connectivity index (χ3n) is 5.04. The Hall–Kier alpha value is -3.28. The predicted molar refractivity (Wildman–Crippen MR) is 110 cm³/mol. The van der Waals surface area contributed by atoms with Crippen LogP contribution in [0, 0.1) is 11.6 Å². The van der Waals surface area contributed by atoms with Gasteiger partial charge in [-0.05, 0) is 6.92 Å². The lowest BCUT2D eigenvalue weighted by Gasteiger charge is -2.36. The Morgan fingerprint density at radius 2 is 1.77 bits per heavy atom. The predicted octanol–water partition coefficient (Wildman–Crippen LogP) is 1.07. The normalized spacial score (nSPS) is 14.5. The van der Waals surface area contributed by atoms with Crippen molar-refractivity contribution in [2.45, 2.75) is 6.92 Å². The molecule has 0 aliphatic carbocycles. The number of rotatable bonds is 7. The van der Waals surface area contributed by atoms with Crippen molar-refractivity contribution in [1.29, 1.82) is 0 Å². The molecule has 0 atom stereocenters. The van der Waals surface area contributed by atoms with Crippen LogP contribution in [-0.4, -0.2) is 71.0 Å². The van der Waals surface area contributed by atoms with Crippen molar-refractivity contribution in [2.75, 3.05) is 55.8 Å². The lowest BCUT2D eigenvalue weighted by molar-refractivity contribution is 0.110. The highest BCUT2D eigenvalue weighted by Crippen LogP contribution is 2.29. The van der Waals surface area contributed by atoms with Crippen LogP contribution in [0.4, 0.5) is 20.4 Å². The number of anilines is 2. The zero-order valence-corrected chi connectivity index (χ0v) is 17.3. The monoisotopic (exact) mass is 435 g/mol. The summed E-state index contributed by atoms with van der Waals surface area (Å²) in [5, 5.41) is 7.60. The lowest BCUT2D eigenvalue weighted by Crippen LogP contribution is -2.48. The van der Waals surface area contributed by atoms with Crippen LogP contribution >= 0.6 is 0 Å². The Morgan fingerprint density at radius 1 is 1.10 bits per heavy atom. The number of nitrogens with zero attached hydrogens (tertiary/aromatic N) is 6. The van der Waals surface area contributed by atoms with E-state index in [-0.39, 0.29) is 29.1 Å². The number of hydrogen-bond acceptors (Lipinski definition) is 8. The first kappa shape index (κ1) is 21.0. The molecule has 1 saturated heterocycles. The largest absolute Gasteiger partial charge is 0.491 e. The van der Waals surface area contributed by atoms with Crippen molar-refractivity contribution in [3.8, 4) is 5.75 Å². The number of halogens is 2. The van der Waals surface area contributed by atoms with Gasteiger partial charge in [0.25, 0.3) is 5.56 Å². The van der Waals surface area contributed by atoms with Gasteiger partial charge in [0.15, 0.2) is 22.8 Å². The topological polar surface area (TPSA) is 101 Å². The highest BCUT2D eigenvalue weighted by molar-refractivity contribution is 5.69. The van der Waals surface area contributed by atoms with E-state index in [4.69, 9.17) is 9.47 Å². The summed E-state index contributed by atoms with van der Waals surface area (Å²) >= 11 is 0. The maximum absolute atomic E-state index is 14.6. The molecule has 1 N–H and O–H groups in total. The van der Waals surface area contributed by atoms with Crippen LogP contribution in [0.1, 0.15) is 6.92 Å². The second kappa shape index (κ2) is 8.84. The summed E-state index contributed by atoms with van der Waals surface area (Å²) in [5.74, 6) is -0.874. The molecule has 4 rings (SSSR count). The number of ether oxygens (including phenoxy) is 2. The minimum atomic E-state index is -0.686. The molecule has 3 heterocycles. The van der Waals surface area contributed by atoms with Crippen molar-refractivity contribution in [3.05, 3.63) is 34.1 Å². The Bertz CT molecular complexity index is 1100. The van der Waals surface area contributed by atoms with Gasteiger partial charge in [-0.3, -0.25) is 9.78 Å². The molecule has 1 aromatic carbocycles. The number of aromatic nitrogens is 5. The first-order valence-corrected chi connectivity index (χ1v) is 9.97. The van der Waals surface area contributed by atoms with Crippen LogP contribution in [0.15, 0.2) is 16.9 Å². The van der Waals surface area contributed by atoms with Crippen LogP contribution in [0.5, 0.6) is 5.75 Å². The van der Waals surface area contributed by atoms with Crippen LogP contribution < -0.4 is 20.1 Å². The van der Waals surface area contributed by atoms with Crippen LogP contribution in [-0.2, 0) is 11.8 Å². The van der Waals surface area contributed by atoms with E-state index in [9.17, 15) is 13.6 Å². The van der Waals surface area contributed by atoms with Crippen molar-refractivity contribution in [2.24, 2.45) is 7.05 Å². The molecular formula is C19H23F2N7O3. The minimum Gasteiger partial charge on any atom is -0.491 e. The van der Waals surface area contributed by atoms with Gasteiger partial charge in [0.05, 0.1) is 6.61 Å². The second-order valence-corrected chi connectivity index (χ2v) is 7.03. The summed E-state index contributed by atoms with van der Waals surface area (Å²) in [5.41, 5.74) is 0.0629. The smallest absolute Gasteiger partial charge is 0.282 e. The first-order chi connectivity index (χ1) is 15.0. The summed E-state index contributed by atoms with van der Waals surface area (Å²) < 4.78 is 41.2. The van der Waals surface area contributed by atoms with Gasteiger partial charge in [-0.1, -0.05) is 5.21 Å². The van der Waals surface area contributed by atoms with Gasteiger partial charge in [-0.2, -0.15) is 4.98 Å². The molecule has 1 aliphatic heterocycles. The van der Waals surface area contributed by atoms with Crippen LogP contribution in [0.25, 0.3) is 11.2 Å². The summed E-state index contributed by atoms with van der Waals surface area (Å²) in [7, 11) is 1.65. The number of H-pyrrole nitrogens is 1. The SMILES string of the molecule is CCOCCOc1cc(F)c(N2CCN(c3nc4c(nnn4C)c(=O)[nH]3)CC2)c(F)c1. The van der Waals surface area contributed by atoms with Crippen molar-refractivity contribution in [3.63, 3.8) is 0 Å². The summed E-state index contributed by atoms with van der Waals surface area (Å²) in [6.07, 6.45) is 0. The standard InChI is InChI=1S/C19H23F2N7O3/c1-3-30-8-9-31-12-10-13(20)16(14(21)11-12)27-4-6-28(7-5-27)19-22-17-15(18(29)23-19)24-25-26(17)2/h10-11H,3-9H2,1-2H3,(H,22,23,29). The number of fused-ring (bicyclic) bond motifs is 1. The van der Waals surface area contributed by atoms with E-state index in [0.717, 1.165) is 0 Å². The number of aromatic amines is 1. The van der Waals surface area contributed by atoms with Gasteiger partial charge in [-0.15, -0.1) is 5.10 Å². The van der Waals surface area contributed by atoms with Crippen LogP contribution in [0.2, 0.25) is 0 Å². The summed E-state index contributed by atoms with van der Waals surface area (Å²) in [4.78, 5) is 22.8. The van der Waals surface area contributed by atoms with E-state index in [1.807, 2.05) is 11.8 Å². The number of nitrogens with one attached hydrogen (secondary N) is 1. The quantitative estimate of drug-likeness (QED) is 0.550. The summed E-state index contributed by atoms with van der Waals surface area (Å²) in [6.45, 7) is 4.51. The average Bonchev–Trinajstić information content (AvgIpc) is 3.13. The third-order valence-corrected chi connectivity index (χ3v) is 5.04. The molecule has 1 fully saturated rings. The number of benzene rings is 1. The molecular weight excluding hydrogens is 412 g/mol. The molecule has 3 aromatic rings. The lowest BCUT2D eigenvalue weighted by atomic mass is 10.2. The zero-order chi connectivity index (χ0) is 22.0. The number of aryl methyl sites for hydroxylation is 1.